The Morgan fingerprint density at radius 3 is 1.93 bits per heavy atom. The van der Waals surface area contributed by atoms with Crippen molar-refractivity contribution in [2.45, 2.75) is 60.3 Å². The Morgan fingerprint density at radius 1 is 1.07 bits per heavy atom. The van der Waals surface area contributed by atoms with Gasteiger partial charge in [0.15, 0.2) is 0 Å². The molecule has 1 nitrogen and oxygen atoms in total. The molecule has 0 bridgehead atoms. The fourth-order valence-electron chi connectivity index (χ4n) is 2.55. The first-order chi connectivity index (χ1) is 6.99. The van der Waals surface area contributed by atoms with E-state index in [2.05, 4.69) is 25.7 Å². The molecule has 2 rings (SSSR count). The van der Waals surface area contributed by atoms with Crippen LogP contribution in [0, 0.1) is 10.8 Å². The fraction of sp³-hybridized carbons (Fsp3) is 1.00. The molecule has 0 amide bonds. The molecule has 15 heavy (non-hydrogen) atoms. The molecule has 1 aliphatic carbocycles. The van der Waals surface area contributed by atoms with E-state index in [0.29, 0.717) is 5.41 Å². The van der Waals surface area contributed by atoms with Gasteiger partial charge in [0.1, 0.15) is 0 Å². The molecule has 1 aliphatic heterocycles. The van der Waals surface area contributed by atoms with Crippen LogP contribution in [-0.4, -0.2) is 24.5 Å². The monoisotopic (exact) mass is 211 g/mol. The van der Waals surface area contributed by atoms with E-state index in [9.17, 15) is 0 Å². The van der Waals surface area contributed by atoms with Crippen LogP contribution in [-0.2, 0) is 0 Å². The minimum atomic E-state index is 0.516. The van der Waals surface area contributed by atoms with Crippen molar-refractivity contribution in [3.05, 3.63) is 0 Å². The quantitative estimate of drug-likeness (QED) is 0.669. The zero-order valence-corrected chi connectivity index (χ0v) is 11.4. The largest absolute Gasteiger partial charge is 0.302 e. The minimum absolute atomic E-state index is 0.516. The molecule has 0 aromatic rings. The molecule has 0 unspecified atom stereocenters. The summed E-state index contributed by atoms with van der Waals surface area (Å²) in [6, 6.07) is 0. The van der Waals surface area contributed by atoms with E-state index < -0.39 is 0 Å². The normalized spacial score (nSPS) is 23.8. The summed E-state index contributed by atoms with van der Waals surface area (Å²) in [5, 5.41) is 0. The number of hydrogen-bond donors (Lipinski definition) is 0. The van der Waals surface area contributed by atoms with Crippen LogP contribution in [0.4, 0.5) is 0 Å². The molecule has 0 radical (unpaired) electrons. The molecule has 0 atom stereocenters. The molecule has 0 N–H and O–H groups in total. The predicted molar refractivity (Wildman–Crippen MR) is 68.1 cm³/mol. The second-order valence-corrected chi connectivity index (χ2v) is 6.37. The van der Waals surface area contributed by atoms with Crippen LogP contribution < -0.4 is 0 Å². The summed E-state index contributed by atoms with van der Waals surface area (Å²) in [7, 11) is 0. The lowest BCUT2D eigenvalue weighted by Crippen LogP contribution is -2.59. The van der Waals surface area contributed by atoms with Crippen LogP contribution in [0.2, 0.25) is 0 Å². The van der Waals surface area contributed by atoms with Gasteiger partial charge in [-0.05, 0) is 36.6 Å². The van der Waals surface area contributed by atoms with Gasteiger partial charge >= 0.3 is 0 Å². The van der Waals surface area contributed by atoms with E-state index >= 15 is 0 Å². The number of likely N-dealkylation sites (tertiary alicyclic amines) is 1. The summed E-state index contributed by atoms with van der Waals surface area (Å²) in [4.78, 5) is 2.64. The van der Waals surface area contributed by atoms with E-state index in [0.717, 1.165) is 5.41 Å². The van der Waals surface area contributed by atoms with Crippen LogP contribution in [0.15, 0.2) is 0 Å². The summed E-state index contributed by atoms with van der Waals surface area (Å²) in [6.07, 6.45) is 5.87. The smallest absolute Gasteiger partial charge is 0.00505 e. The zero-order valence-electron chi connectivity index (χ0n) is 11.4. The van der Waals surface area contributed by atoms with Gasteiger partial charge in [0.05, 0.1) is 0 Å². The highest BCUT2D eigenvalue weighted by Crippen LogP contribution is 2.48. The average Bonchev–Trinajstić information content (AvgIpc) is 2.00. The number of rotatable bonds is 2. The Labute approximate surface area is 96.2 Å². The van der Waals surface area contributed by atoms with Crippen molar-refractivity contribution in [2.75, 3.05) is 19.6 Å². The van der Waals surface area contributed by atoms with E-state index in [1.165, 1.54) is 45.3 Å². The van der Waals surface area contributed by atoms with Gasteiger partial charge in [-0.3, -0.25) is 0 Å². The van der Waals surface area contributed by atoms with E-state index in [-0.39, 0.29) is 0 Å². The highest BCUT2D eigenvalue weighted by Gasteiger charge is 2.46. The van der Waals surface area contributed by atoms with Crippen LogP contribution in [0.5, 0.6) is 0 Å². The third-order valence-corrected chi connectivity index (χ3v) is 3.71. The standard InChI is InChI=1S/C12H23N.C2H6/c1-11(2,3)7-8-13-9-12(10-13)5-4-6-12;1-2/h4-10H2,1-3H3;1-2H3. The molecule has 90 valence electrons. The second-order valence-electron chi connectivity index (χ2n) is 6.37. The van der Waals surface area contributed by atoms with Gasteiger partial charge in [-0.25, -0.2) is 0 Å². The van der Waals surface area contributed by atoms with E-state index in [1.807, 2.05) is 13.8 Å². The molecule has 0 aromatic carbocycles. The van der Waals surface area contributed by atoms with Gasteiger partial charge in [-0.15, -0.1) is 0 Å². The lowest BCUT2D eigenvalue weighted by molar-refractivity contribution is -0.0631. The van der Waals surface area contributed by atoms with Crippen LogP contribution >= 0.6 is 0 Å². The molecular weight excluding hydrogens is 182 g/mol. The summed E-state index contributed by atoms with van der Waals surface area (Å²) >= 11 is 0. The summed E-state index contributed by atoms with van der Waals surface area (Å²) in [6.45, 7) is 15.2. The van der Waals surface area contributed by atoms with Crippen molar-refractivity contribution < 1.29 is 0 Å². The van der Waals surface area contributed by atoms with Crippen molar-refractivity contribution in [1.82, 2.24) is 4.90 Å². The van der Waals surface area contributed by atoms with Crippen molar-refractivity contribution >= 4 is 0 Å². The maximum atomic E-state index is 2.64. The van der Waals surface area contributed by atoms with Gasteiger partial charge in [0.2, 0.25) is 0 Å². The topological polar surface area (TPSA) is 3.24 Å². The van der Waals surface area contributed by atoms with Crippen LogP contribution in [0.25, 0.3) is 0 Å². The van der Waals surface area contributed by atoms with Gasteiger partial charge in [0.25, 0.3) is 0 Å². The van der Waals surface area contributed by atoms with Gasteiger partial charge in [-0.2, -0.15) is 0 Å². The van der Waals surface area contributed by atoms with Crippen molar-refractivity contribution in [2.24, 2.45) is 10.8 Å². The van der Waals surface area contributed by atoms with Crippen LogP contribution in [0.1, 0.15) is 60.3 Å². The lowest BCUT2D eigenvalue weighted by Gasteiger charge is -2.56. The Hall–Kier alpha value is -0.0400. The van der Waals surface area contributed by atoms with Crippen molar-refractivity contribution in [1.29, 1.82) is 0 Å². The Kier molecular flexibility index (Phi) is 4.22. The first-order valence-corrected chi connectivity index (χ1v) is 6.72. The van der Waals surface area contributed by atoms with Crippen molar-refractivity contribution in [3.63, 3.8) is 0 Å². The molecule has 1 heterocycles. The molecule has 2 fully saturated rings. The highest BCUT2D eigenvalue weighted by atomic mass is 15.2. The Morgan fingerprint density at radius 2 is 1.60 bits per heavy atom. The highest BCUT2D eigenvalue weighted by molar-refractivity contribution is 5.00. The molecular formula is C14H29N. The number of hydrogen-bond acceptors (Lipinski definition) is 1. The van der Waals surface area contributed by atoms with Gasteiger partial charge < -0.3 is 4.90 Å². The summed E-state index contributed by atoms with van der Waals surface area (Å²) in [5.74, 6) is 0. The molecule has 1 spiro atoms. The minimum Gasteiger partial charge on any atom is -0.302 e. The molecule has 1 saturated heterocycles. The predicted octanol–water partition coefficient (Wildman–Crippen LogP) is 3.93. The molecule has 2 aliphatic rings. The molecule has 1 heteroatoms. The van der Waals surface area contributed by atoms with Crippen LogP contribution in [0.3, 0.4) is 0 Å². The second kappa shape index (κ2) is 4.86. The maximum Gasteiger partial charge on any atom is 0.00505 e. The molecule has 0 aromatic heterocycles. The number of nitrogens with zero attached hydrogens (tertiary/aromatic N) is 1. The lowest BCUT2D eigenvalue weighted by atomic mass is 9.63. The first-order valence-electron chi connectivity index (χ1n) is 6.72. The van der Waals surface area contributed by atoms with Crippen molar-refractivity contribution in [3.8, 4) is 0 Å². The summed E-state index contributed by atoms with van der Waals surface area (Å²) in [5.41, 5.74) is 1.33. The SMILES string of the molecule is CC.CC(C)(C)CCN1CC2(CCC2)C1. The molecule has 1 saturated carbocycles. The fourth-order valence-corrected chi connectivity index (χ4v) is 2.55. The zero-order chi connectivity index (χ0) is 11.5. The first kappa shape index (κ1) is 13.0. The third-order valence-electron chi connectivity index (χ3n) is 3.71. The Balaban J connectivity index is 0.000000531. The average molecular weight is 211 g/mol. The van der Waals surface area contributed by atoms with Gasteiger partial charge in [-0.1, -0.05) is 41.0 Å². The third kappa shape index (κ3) is 3.48. The maximum absolute atomic E-state index is 2.64. The summed E-state index contributed by atoms with van der Waals surface area (Å²) < 4.78 is 0. The Bertz CT molecular complexity index is 178. The van der Waals surface area contributed by atoms with E-state index in [4.69, 9.17) is 0 Å². The van der Waals surface area contributed by atoms with E-state index in [1.54, 1.807) is 0 Å². The van der Waals surface area contributed by atoms with Gasteiger partial charge in [0, 0.05) is 13.1 Å².